The number of thiocarbonyl (C=S) groups is 1. The minimum Gasteiger partial charge on any atom is -0.497 e. The largest absolute Gasteiger partial charge is 0.497 e. The van der Waals surface area contributed by atoms with Crippen LogP contribution in [0.2, 0.25) is 0 Å². The zero-order valence-corrected chi connectivity index (χ0v) is 21.0. The Balaban J connectivity index is 1.72. The molecule has 0 bridgehead atoms. The lowest BCUT2D eigenvalue weighted by atomic mass is 10.2. The summed E-state index contributed by atoms with van der Waals surface area (Å²) in [5.41, 5.74) is 5.23. The lowest BCUT2D eigenvalue weighted by Gasteiger charge is -2.12. The summed E-state index contributed by atoms with van der Waals surface area (Å²) in [4.78, 5) is 24.3. The van der Waals surface area contributed by atoms with Crippen LogP contribution in [0.25, 0.3) is 0 Å². The average Bonchev–Trinajstić information content (AvgIpc) is 2.82. The standard InChI is InChI=1S/C23H28BrN3O5S/c1-3-4-5-6-13-31-20-12-7-16(14-19(20)24)22(29)25-23(33)27-26-21(28)15-32-18-10-8-17(30-2)9-11-18/h7-12,14H,3-6,13,15H2,1-2H3,(H,26,28)(H2,25,27,29,33). The molecule has 0 unspecified atom stereocenters. The molecule has 0 spiro atoms. The average molecular weight is 538 g/mol. The van der Waals surface area contributed by atoms with Gasteiger partial charge in [0.05, 0.1) is 18.2 Å². The van der Waals surface area contributed by atoms with E-state index in [0.717, 1.165) is 12.8 Å². The molecule has 33 heavy (non-hydrogen) atoms. The predicted octanol–water partition coefficient (Wildman–Crippen LogP) is 4.13. The number of rotatable bonds is 11. The number of carbonyl (C=O) groups excluding carboxylic acids is 2. The number of ether oxygens (including phenoxy) is 3. The maximum absolute atomic E-state index is 12.4. The Labute approximate surface area is 207 Å². The number of hydrogen-bond acceptors (Lipinski definition) is 6. The first-order valence-corrected chi connectivity index (χ1v) is 11.7. The fraction of sp³-hybridized carbons (Fsp3) is 0.348. The van der Waals surface area contributed by atoms with Gasteiger partial charge in [-0.1, -0.05) is 26.2 Å². The molecule has 2 aromatic carbocycles. The Morgan fingerprint density at radius 2 is 1.70 bits per heavy atom. The molecule has 3 N–H and O–H groups in total. The van der Waals surface area contributed by atoms with E-state index >= 15 is 0 Å². The van der Waals surface area contributed by atoms with Crippen LogP contribution in [0, 0.1) is 0 Å². The number of unbranched alkanes of at least 4 members (excludes halogenated alkanes) is 3. The Morgan fingerprint density at radius 3 is 2.36 bits per heavy atom. The molecule has 0 aliphatic heterocycles. The number of benzene rings is 2. The van der Waals surface area contributed by atoms with E-state index in [1.165, 1.54) is 12.8 Å². The molecule has 0 aliphatic rings. The second-order valence-corrected chi connectivity index (χ2v) is 8.24. The van der Waals surface area contributed by atoms with Crippen LogP contribution in [0.1, 0.15) is 43.0 Å². The van der Waals surface area contributed by atoms with Crippen LogP contribution in [-0.4, -0.2) is 37.3 Å². The number of halogens is 1. The number of hydrazine groups is 1. The topological polar surface area (TPSA) is 97.9 Å². The fourth-order valence-electron chi connectivity index (χ4n) is 2.66. The maximum Gasteiger partial charge on any atom is 0.276 e. The number of methoxy groups -OCH3 is 1. The van der Waals surface area contributed by atoms with Gasteiger partial charge in [-0.3, -0.25) is 25.8 Å². The van der Waals surface area contributed by atoms with Crippen LogP contribution in [0.3, 0.4) is 0 Å². The molecule has 8 nitrogen and oxygen atoms in total. The molecule has 0 radical (unpaired) electrons. The number of carbonyl (C=O) groups is 2. The third-order valence-electron chi connectivity index (χ3n) is 4.42. The van der Waals surface area contributed by atoms with Gasteiger partial charge in [-0.15, -0.1) is 0 Å². The number of hydrogen-bond donors (Lipinski definition) is 3. The maximum atomic E-state index is 12.4. The van der Waals surface area contributed by atoms with Crippen LogP contribution in [0.4, 0.5) is 0 Å². The van der Waals surface area contributed by atoms with E-state index in [1.807, 2.05) is 0 Å². The molecule has 0 aliphatic carbocycles. The molecule has 2 aromatic rings. The van der Waals surface area contributed by atoms with Gasteiger partial charge >= 0.3 is 0 Å². The zero-order valence-electron chi connectivity index (χ0n) is 18.6. The molecule has 0 fully saturated rings. The zero-order chi connectivity index (χ0) is 24.1. The highest BCUT2D eigenvalue weighted by Gasteiger charge is 2.12. The van der Waals surface area contributed by atoms with Gasteiger partial charge in [-0.05, 0) is 77.0 Å². The summed E-state index contributed by atoms with van der Waals surface area (Å²) < 4.78 is 16.8. The second-order valence-electron chi connectivity index (χ2n) is 6.97. The molecule has 10 heteroatoms. The lowest BCUT2D eigenvalue weighted by Crippen LogP contribution is -2.49. The van der Waals surface area contributed by atoms with Crippen LogP contribution in [0.15, 0.2) is 46.9 Å². The number of nitrogens with one attached hydrogen (secondary N) is 3. The summed E-state index contributed by atoms with van der Waals surface area (Å²) in [5, 5.41) is 2.45. The van der Waals surface area contributed by atoms with Gasteiger partial charge in [-0.25, -0.2) is 0 Å². The van der Waals surface area contributed by atoms with Crippen LogP contribution < -0.4 is 30.4 Å². The SMILES string of the molecule is CCCCCCOc1ccc(C(=O)NC(=S)NNC(=O)COc2ccc(OC)cc2)cc1Br. The van der Waals surface area contributed by atoms with Crippen LogP contribution in [0.5, 0.6) is 17.2 Å². The molecule has 0 atom stereocenters. The third-order valence-corrected chi connectivity index (χ3v) is 5.25. The summed E-state index contributed by atoms with van der Waals surface area (Å²) in [6.07, 6.45) is 4.47. The first-order valence-electron chi connectivity index (χ1n) is 10.5. The van der Waals surface area contributed by atoms with Crippen molar-refractivity contribution in [2.24, 2.45) is 0 Å². The highest BCUT2D eigenvalue weighted by molar-refractivity contribution is 9.10. The van der Waals surface area contributed by atoms with Crippen LogP contribution in [-0.2, 0) is 4.79 Å². The Hall–Kier alpha value is -2.85. The molecular formula is C23H28BrN3O5S. The lowest BCUT2D eigenvalue weighted by molar-refractivity contribution is -0.123. The highest BCUT2D eigenvalue weighted by Crippen LogP contribution is 2.26. The van der Waals surface area contributed by atoms with Crippen molar-refractivity contribution in [2.75, 3.05) is 20.3 Å². The molecule has 178 valence electrons. The van der Waals surface area contributed by atoms with Gasteiger partial charge in [0.25, 0.3) is 11.8 Å². The van der Waals surface area contributed by atoms with Gasteiger partial charge in [0.1, 0.15) is 17.2 Å². The molecule has 0 heterocycles. The van der Waals surface area contributed by atoms with Gasteiger partial charge in [-0.2, -0.15) is 0 Å². The molecular weight excluding hydrogens is 510 g/mol. The van der Waals surface area contributed by atoms with Crippen LogP contribution >= 0.6 is 28.1 Å². The molecule has 0 aromatic heterocycles. The Morgan fingerprint density at radius 1 is 0.970 bits per heavy atom. The predicted molar refractivity (Wildman–Crippen MR) is 134 cm³/mol. The van der Waals surface area contributed by atoms with Gasteiger partial charge in [0, 0.05) is 5.56 Å². The first-order chi connectivity index (χ1) is 15.9. The monoisotopic (exact) mass is 537 g/mol. The van der Waals surface area contributed by atoms with Crippen molar-refractivity contribution in [1.82, 2.24) is 16.2 Å². The summed E-state index contributed by atoms with van der Waals surface area (Å²) in [6, 6.07) is 11.8. The van der Waals surface area contributed by atoms with E-state index in [9.17, 15) is 9.59 Å². The van der Waals surface area contributed by atoms with Gasteiger partial charge in [0.15, 0.2) is 11.7 Å². The summed E-state index contributed by atoms with van der Waals surface area (Å²) in [7, 11) is 1.56. The molecule has 0 saturated heterocycles. The van der Waals surface area contributed by atoms with Crippen molar-refractivity contribution in [1.29, 1.82) is 0 Å². The molecule has 2 amide bonds. The quantitative estimate of drug-likeness (QED) is 0.225. The van der Waals surface area contributed by atoms with Gasteiger partial charge < -0.3 is 14.2 Å². The molecule has 0 saturated carbocycles. The highest BCUT2D eigenvalue weighted by atomic mass is 79.9. The molecule has 2 rings (SSSR count). The van der Waals surface area contributed by atoms with Crippen molar-refractivity contribution in [2.45, 2.75) is 32.6 Å². The van der Waals surface area contributed by atoms with Crippen molar-refractivity contribution in [3.8, 4) is 17.2 Å². The van der Waals surface area contributed by atoms with E-state index < -0.39 is 11.8 Å². The van der Waals surface area contributed by atoms with E-state index in [2.05, 4.69) is 39.0 Å². The Kier molecular flexibility index (Phi) is 11.5. The van der Waals surface area contributed by atoms with Gasteiger partial charge in [0.2, 0.25) is 0 Å². The first kappa shape index (κ1) is 26.4. The summed E-state index contributed by atoms with van der Waals surface area (Å²) in [6.45, 7) is 2.55. The van der Waals surface area contributed by atoms with E-state index in [4.69, 9.17) is 26.4 Å². The van der Waals surface area contributed by atoms with E-state index in [0.29, 0.717) is 33.9 Å². The normalized spacial score (nSPS) is 10.2. The van der Waals surface area contributed by atoms with Crippen molar-refractivity contribution < 1.29 is 23.8 Å². The minimum absolute atomic E-state index is 0.0508. The second kappa shape index (κ2) is 14.3. The van der Waals surface area contributed by atoms with Crippen molar-refractivity contribution in [3.05, 3.63) is 52.5 Å². The third kappa shape index (κ3) is 9.67. The minimum atomic E-state index is -0.467. The fourth-order valence-corrected chi connectivity index (χ4v) is 3.30. The summed E-state index contributed by atoms with van der Waals surface area (Å²) in [5.74, 6) is 0.983. The smallest absolute Gasteiger partial charge is 0.276 e. The van der Waals surface area contributed by atoms with E-state index in [1.54, 1.807) is 49.6 Å². The van der Waals surface area contributed by atoms with Crippen molar-refractivity contribution in [3.63, 3.8) is 0 Å². The van der Waals surface area contributed by atoms with Crippen molar-refractivity contribution >= 4 is 45.1 Å². The van der Waals surface area contributed by atoms with E-state index in [-0.39, 0.29) is 11.7 Å². The number of amides is 2. The Bertz CT molecular complexity index is 940. The summed E-state index contributed by atoms with van der Waals surface area (Å²) >= 11 is 8.48.